The van der Waals surface area contributed by atoms with Crippen molar-refractivity contribution in [1.82, 2.24) is 105 Å². The second-order valence-corrected chi connectivity index (χ2v) is 37.0. The lowest BCUT2D eigenvalue weighted by atomic mass is 10.0. The molecule has 0 spiro atoms. The topological polar surface area (TPSA) is 615 Å². The number of nitrogens with zero attached hydrogens (tertiary/aromatic N) is 2. The molecule has 3 aliphatic rings. The lowest BCUT2D eigenvalue weighted by Gasteiger charge is -2.31. The van der Waals surface area contributed by atoms with E-state index in [0.717, 1.165) is 46.0 Å². The summed E-state index contributed by atoms with van der Waals surface area (Å²) < 4.78 is 0. The molecule has 17 amide bonds. The van der Waals surface area contributed by atoms with Crippen LogP contribution in [0.2, 0.25) is 0 Å². The molecular formula is C92H125N23O17S3. The number of carbonyl (C=O) groups is 16. The Morgan fingerprint density at radius 3 is 1.68 bits per heavy atom. The summed E-state index contributed by atoms with van der Waals surface area (Å²) in [6.07, 6.45) is 14.6. The number of para-hydroxylation sites is 2. The molecule has 135 heavy (non-hydrogen) atoms. The van der Waals surface area contributed by atoms with Crippen molar-refractivity contribution in [1.29, 1.82) is 0 Å². The summed E-state index contributed by atoms with van der Waals surface area (Å²) in [5.41, 5.74) is 22.3. The van der Waals surface area contributed by atoms with Crippen molar-refractivity contribution in [2.75, 3.05) is 69.0 Å². The van der Waals surface area contributed by atoms with Crippen molar-refractivity contribution in [2.45, 2.75) is 213 Å². The summed E-state index contributed by atoms with van der Waals surface area (Å²) in [5.74, 6) is -9.66. The molecule has 0 bridgehead atoms. The minimum absolute atomic E-state index is 0.000175. The van der Waals surface area contributed by atoms with Crippen LogP contribution >= 0.6 is 35.3 Å². The van der Waals surface area contributed by atoms with Gasteiger partial charge in [0.1, 0.15) is 66.2 Å². The predicted octanol–water partition coefficient (Wildman–Crippen LogP) is -0.226. The van der Waals surface area contributed by atoms with Crippen molar-refractivity contribution in [2.24, 2.45) is 17.2 Å². The second kappa shape index (κ2) is 53.4. The minimum Gasteiger partial charge on any atom is -0.508 e. The van der Waals surface area contributed by atoms with Crippen LogP contribution in [0.15, 0.2) is 128 Å². The van der Waals surface area contributed by atoms with E-state index < -0.39 is 169 Å². The number of carbonyl (C=O) groups excluding carboxylic acids is 16. The van der Waals surface area contributed by atoms with Crippen LogP contribution in [0.4, 0.5) is 4.79 Å². The number of rotatable bonds is 56. The number of nitrogens with one attached hydrogen (secondary N) is 18. The number of thioether (sulfide) groups is 3. The number of phenols is 1. The molecule has 10 rings (SSSR count). The summed E-state index contributed by atoms with van der Waals surface area (Å²) in [5, 5.41) is 52.8. The molecule has 3 fully saturated rings. The number of amides is 17. The van der Waals surface area contributed by atoms with Crippen molar-refractivity contribution in [3.63, 3.8) is 0 Å². The average molecular weight is 1920 g/mol. The number of benzene rings is 4. The van der Waals surface area contributed by atoms with E-state index in [1.54, 1.807) is 37.2 Å². The number of hydrogen-bond acceptors (Lipinski definition) is 23. The van der Waals surface area contributed by atoms with Gasteiger partial charge in [0.15, 0.2) is 0 Å². The summed E-state index contributed by atoms with van der Waals surface area (Å²) >= 11 is 4.52. The average Bonchev–Trinajstić information content (AvgIpc) is 1.69. The number of unbranched alkanes of at least 4 members (excludes halogenated alkanes) is 3. The van der Waals surface area contributed by atoms with Gasteiger partial charge in [0.05, 0.1) is 49.8 Å². The first-order chi connectivity index (χ1) is 65.0. The number of fused-ring (bicyclic) bond motifs is 3. The van der Waals surface area contributed by atoms with Gasteiger partial charge in [0.2, 0.25) is 88.6 Å². The Bertz CT molecular complexity index is 5200. The number of aromatic nitrogens is 4. The number of aromatic hydroxyl groups is 1. The number of phenolic OH excluding ortho intramolecular Hbond substituents is 1. The fourth-order valence-electron chi connectivity index (χ4n) is 16.3. The van der Waals surface area contributed by atoms with Crippen LogP contribution in [0, 0.1) is 0 Å². The number of H-pyrrole nitrogens is 3. The maximum atomic E-state index is 15.3. The Morgan fingerprint density at radius 2 is 1.06 bits per heavy atom. The summed E-state index contributed by atoms with van der Waals surface area (Å²) in [4.78, 5) is 237. The van der Waals surface area contributed by atoms with Gasteiger partial charge in [-0.25, -0.2) is 9.78 Å². The van der Waals surface area contributed by atoms with Crippen LogP contribution in [-0.2, 0) is 104 Å². The predicted molar refractivity (Wildman–Crippen MR) is 512 cm³/mol. The van der Waals surface area contributed by atoms with E-state index in [1.165, 1.54) is 65.9 Å². The number of likely N-dealkylation sites (tertiary alicyclic amines) is 1. The number of nitrogens with two attached hydrogens (primary N) is 3. The van der Waals surface area contributed by atoms with Gasteiger partial charge < -0.3 is 122 Å². The fraction of sp³-hybridized carbons (Fsp3) is 0.489. The summed E-state index contributed by atoms with van der Waals surface area (Å²) in [7, 11) is 0. The number of imidazole rings is 1. The van der Waals surface area contributed by atoms with Crippen molar-refractivity contribution in [3.8, 4) is 5.75 Å². The van der Waals surface area contributed by atoms with E-state index in [0.29, 0.717) is 90.6 Å². The highest BCUT2D eigenvalue weighted by Crippen LogP contribution is 2.34. The molecule has 14 atom stereocenters. The molecule has 7 aromatic rings. The monoisotopic (exact) mass is 1920 g/mol. The van der Waals surface area contributed by atoms with Gasteiger partial charge in [0.25, 0.3) is 0 Å². The van der Waals surface area contributed by atoms with Crippen molar-refractivity contribution < 1.29 is 81.8 Å². The molecule has 0 saturated carbocycles. The van der Waals surface area contributed by atoms with E-state index in [2.05, 4.69) is 99.7 Å². The molecule has 3 aromatic heterocycles. The first-order valence-electron chi connectivity index (χ1n) is 45.5. The summed E-state index contributed by atoms with van der Waals surface area (Å²) in [6, 6.07) is 15.5. The fourth-order valence-corrected chi connectivity index (χ4v) is 18.7. The Labute approximate surface area is 794 Å². The van der Waals surface area contributed by atoms with Gasteiger partial charge >= 0.3 is 6.03 Å². The lowest BCUT2D eigenvalue weighted by molar-refractivity contribution is -0.142. The van der Waals surface area contributed by atoms with Crippen molar-refractivity contribution >= 4 is 152 Å². The molecule has 6 heterocycles. The highest BCUT2D eigenvalue weighted by molar-refractivity contribution is 8.00. The van der Waals surface area contributed by atoms with E-state index in [9.17, 15) is 72.2 Å². The van der Waals surface area contributed by atoms with Crippen molar-refractivity contribution in [3.05, 3.63) is 156 Å². The number of hydrogen-bond donors (Lipinski definition) is 22. The molecule has 4 aromatic carbocycles. The van der Waals surface area contributed by atoms with E-state index in [-0.39, 0.29) is 107 Å². The van der Waals surface area contributed by atoms with E-state index in [1.807, 2.05) is 84.6 Å². The third kappa shape index (κ3) is 32.5. The Morgan fingerprint density at radius 1 is 0.519 bits per heavy atom. The normalized spacial score (nSPS) is 17.1. The van der Waals surface area contributed by atoms with Crippen LogP contribution in [0.25, 0.3) is 21.8 Å². The van der Waals surface area contributed by atoms with Gasteiger partial charge in [-0.2, -0.15) is 35.3 Å². The zero-order valence-electron chi connectivity index (χ0n) is 75.8. The van der Waals surface area contributed by atoms with Gasteiger partial charge in [-0.05, 0) is 167 Å². The molecular weight excluding hydrogens is 1800 g/mol. The zero-order chi connectivity index (χ0) is 96.9. The molecule has 0 aliphatic carbocycles. The smallest absolute Gasteiger partial charge is 0.315 e. The maximum absolute atomic E-state index is 15.3. The zero-order valence-corrected chi connectivity index (χ0v) is 78.3. The van der Waals surface area contributed by atoms with Gasteiger partial charge in [-0.15, -0.1) is 0 Å². The molecule has 0 unspecified atom stereocenters. The van der Waals surface area contributed by atoms with Crippen LogP contribution in [-0.4, -0.2) is 277 Å². The molecule has 3 aliphatic heterocycles. The molecule has 3 saturated heterocycles. The lowest BCUT2D eigenvalue weighted by Crippen LogP contribution is -2.60. The minimum atomic E-state index is -1.47. The first-order valence-corrected chi connectivity index (χ1v) is 49.3. The Kier molecular flexibility index (Phi) is 41.3. The largest absolute Gasteiger partial charge is 0.508 e. The van der Waals surface area contributed by atoms with Gasteiger partial charge in [-0.1, -0.05) is 85.3 Å². The Hall–Kier alpha value is -12.7. The molecule has 43 heteroatoms. The molecule has 25 N–H and O–H groups in total. The van der Waals surface area contributed by atoms with Crippen LogP contribution in [0.5, 0.6) is 5.75 Å². The van der Waals surface area contributed by atoms with E-state index in [4.69, 9.17) is 17.2 Å². The highest BCUT2D eigenvalue weighted by atomic mass is 32.2. The quantitative estimate of drug-likeness (QED) is 0.0173. The van der Waals surface area contributed by atoms with Crippen LogP contribution in [0.1, 0.15) is 125 Å². The maximum Gasteiger partial charge on any atom is 0.315 e. The van der Waals surface area contributed by atoms with E-state index >= 15 is 9.59 Å². The summed E-state index contributed by atoms with van der Waals surface area (Å²) in [6.45, 7) is 0.0843. The number of aromatic amines is 3. The first kappa shape index (κ1) is 104. The third-order valence-electron chi connectivity index (χ3n) is 23.7. The molecule has 40 nitrogen and oxygen atoms in total. The van der Waals surface area contributed by atoms with Gasteiger partial charge in [0, 0.05) is 96.6 Å². The number of primary amides is 1. The van der Waals surface area contributed by atoms with Crippen LogP contribution < -0.4 is 97.0 Å². The van der Waals surface area contributed by atoms with Crippen LogP contribution in [0.3, 0.4) is 0 Å². The number of urea groups is 1. The standard InChI is InChI=1S/C92H125N23O17S3/c1-53(104-87(127)70(42-56-45-98-63-22-9-7-20-60(56)63)111-90(130)74-26-17-37-115(74)91(131)72(44-58-47-96-52-103-58)112-89(129)71(43-57-46-99-64-23-10-8-21-61(57)64)109-83(123)62(94)40-54-18-5-4-6-19-54)82(122)106-67(33-38-133-2)85(125)108-68(34-39-134-3)86(126)110-69(41-55-29-31-59(116)32-30-55)88(128)107-66(25-13-15-35-93)84(124)102-49-78(119)100-48-77(118)101-50-79(120)105-65(81(95)121)24-14-16-36-97-76(117)28-12-11-27-75-80-73(51-135-75)113-92(132)114-80/h4-10,18-23,29-32,45-47,52-53,62,65-75,80,98-99,116H,11-17,24-28,33-44,48-51,93-94H2,1-3H3,(H2,95,121)(H,96,103)(H,97,117)(H,100,119)(H,101,118)(H,102,124)(H,104,127)(H,105,120)(H,106,122)(H,107,128)(H,108,125)(H,109,123)(H,110,126)(H,111,130)(H,112,129)(H2,113,114,132)/t53-,62-,65-,66-,67-,68-,69-,70-,71-,72-,73-,74-,75-,80-/m0/s1. The SMILES string of the molecule is CSCC[C@H](NC(=O)[C@H](C)NC(=O)[C@H](Cc1c[nH]c2ccccc12)NC(=O)[C@@H]1CCCN1C(=O)[C@H](Cc1c[nH]cn1)NC(=O)[C@H](Cc1c[nH]c2ccccc12)NC(=O)[C@@H](N)Cc1ccccc1)C(=O)N[C@@H](CCSC)C(=O)N[C@@H](Cc1ccc(O)cc1)C(=O)N[C@@H](CCCCN)C(=O)NCC(=O)NCC(=O)NCC(=O)N[C@@H](CCCCNC(=O)CCCC[C@@H]1SC[C@@H]2NC(=O)N[C@@H]21)C(N)=O. The second-order valence-electron chi connectivity index (χ2n) is 33.8. The highest BCUT2D eigenvalue weighted by Gasteiger charge is 2.44. The molecule has 728 valence electrons. The third-order valence-corrected chi connectivity index (χ3v) is 26.5. The molecule has 0 radical (unpaired) electrons. The Balaban J connectivity index is 0.735. The van der Waals surface area contributed by atoms with Gasteiger partial charge in [-0.3, -0.25) is 71.9 Å².